The summed E-state index contributed by atoms with van der Waals surface area (Å²) in [6.45, 7) is 10.3. The van der Waals surface area contributed by atoms with Gasteiger partial charge in [-0.25, -0.2) is 0 Å². The van der Waals surface area contributed by atoms with E-state index in [1.54, 1.807) is 0 Å². The van der Waals surface area contributed by atoms with Crippen LogP contribution in [0.5, 0.6) is 0 Å². The third kappa shape index (κ3) is 4.81. The highest BCUT2D eigenvalue weighted by Gasteiger charge is 2.25. The van der Waals surface area contributed by atoms with Crippen LogP contribution in [-0.4, -0.2) is 41.8 Å². The summed E-state index contributed by atoms with van der Waals surface area (Å²) in [7, 11) is 0. The van der Waals surface area contributed by atoms with Crippen molar-refractivity contribution in [3.05, 3.63) is 0 Å². The Labute approximate surface area is 100 Å². The van der Waals surface area contributed by atoms with Gasteiger partial charge in [-0.1, -0.05) is 13.8 Å². The SMILES string of the molecule is CC1(C)CCN(CCCC(C)(N)CO)CC1. The molecular weight excluding hydrogens is 200 g/mol. The smallest absolute Gasteiger partial charge is 0.0608 e. The normalized spacial score (nSPS) is 25.3. The predicted molar refractivity (Wildman–Crippen MR) is 68.4 cm³/mol. The first-order chi connectivity index (χ1) is 7.35. The minimum Gasteiger partial charge on any atom is -0.394 e. The van der Waals surface area contributed by atoms with Gasteiger partial charge in [-0.2, -0.15) is 0 Å². The van der Waals surface area contributed by atoms with Crippen molar-refractivity contribution in [2.24, 2.45) is 11.1 Å². The second-order valence-electron chi connectivity index (χ2n) is 6.42. The second kappa shape index (κ2) is 5.48. The fraction of sp³-hybridized carbons (Fsp3) is 1.00. The number of rotatable bonds is 5. The van der Waals surface area contributed by atoms with Gasteiger partial charge >= 0.3 is 0 Å². The molecule has 1 atom stereocenters. The van der Waals surface area contributed by atoms with Crippen molar-refractivity contribution < 1.29 is 5.11 Å². The highest BCUT2D eigenvalue weighted by atomic mass is 16.3. The highest BCUT2D eigenvalue weighted by Crippen LogP contribution is 2.29. The summed E-state index contributed by atoms with van der Waals surface area (Å²) >= 11 is 0. The van der Waals surface area contributed by atoms with E-state index in [0.29, 0.717) is 5.41 Å². The molecule has 0 aliphatic carbocycles. The zero-order valence-electron chi connectivity index (χ0n) is 11.1. The number of hydrogen-bond acceptors (Lipinski definition) is 3. The van der Waals surface area contributed by atoms with E-state index in [0.717, 1.165) is 19.4 Å². The van der Waals surface area contributed by atoms with E-state index in [-0.39, 0.29) is 6.61 Å². The summed E-state index contributed by atoms with van der Waals surface area (Å²) in [5, 5.41) is 9.06. The fourth-order valence-electron chi connectivity index (χ4n) is 2.17. The van der Waals surface area contributed by atoms with Gasteiger partial charge in [0.2, 0.25) is 0 Å². The molecule has 1 unspecified atom stereocenters. The largest absolute Gasteiger partial charge is 0.394 e. The third-order valence-electron chi connectivity index (χ3n) is 3.79. The molecule has 0 bridgehead atoms. The number of nitrogens with two attached hydrogens (primary N) is 1. The van der Waals surface area contributed by atoms with E-state index in [2.05, 4.69) is 18.7 Å². The molecule has 1 aliphatic heterocycles. The molecule has 1 fully saturated rings. The van der Waals surface area contributed by atoms with Crippen molar-refractivity contribution in [1.82, 2.24) is 4.90 Å². The molecule has 0 spiro atoms. The molecule has 0 aromatic rings. The first-order valence-corrected chi connectivity index (χ1v) is 6.47. The molecule has 96 valence electrons. The quantitative estimate of drug-likeness (QED) is 0.751. The van der Waals surface area contributed by atoms with E-state index >= 15 is 0 Å². The van der Waals surface area contributed by atoms with Gasteiger partial charge in [0, 0.05) is 5.54 Å². The number of likely N-dealkylation sites (tertiary alicyclic amines) is 1. The van der Waals surface area contributed by atoms with E-state index in [1.165, 1.54) is 25.9 Å². The summed E-state index contributed by atoms with van der Waals surface area (Å²) in [5.74, 6) is 0. The van der Waals surface area contributed by atoms with E-state index in [9.17, 15) is 0 Å². The van der Waals surface area contributed by atoms with Gasteiger partial charge in [0.15, 0.2) is 0 Å². The average Bonchev–Trinajstić information content (AvgIpc) is 2.20. The Hall–Kier alpha value is -0.120. The Kier molecular flexibility index (Phi) is 4.77. The van der Waals surface area contributed by atoms with E-state index in [1.807, 2.05) is 6.92 Å². The molecule has 1 heterocycles. The Morgan fingerprint density at radius 2 is 1.88 bits per heavy atom. The van der Waals surface area contributed by atoms with E-state index in [4.69, 9.17) is 10.8 Å². The van der Waals surface area contributed by atoms with Gasteiger partial charge in [0.1, 0.15) is 0 Å². The minimum absolute atomic E-state index is 0.0834. The lowest BCUT2D eigenvalue weighted by atomic mass is 9.82. The summed E-state index contributed by atoms with van der Waals surface area (Å²) < 4.78 is 0. The zero-order valence-corrected chi connectivity index (χ0v) is 11.1. The van der Waals surface area contributed by atoms with Gasteiger partial charge in [0.05, 0.1) is 6.61 Å². The molecule has 1 saturated heterocycles. The molecule has 0 amide bonds. The fourth-order valence-corrected chi connectivity index (χ4v) is 2.17. The van der Waals surface area contributed by atoms with Crippen LogP contribution in [0.15, 0.2) is 0 Å². The molecule has 0 saturated carbocycles. The predicted octanol–water partition coefficient (Wildman–Crippen LogP) is 1.60. The maximum Gasteiger partial charge on any atom is 0.0608 e. The summed E-state index contributed by atoms with van der Waals surface area (Å²) in [6, 6.07) is 0. The van der Waals surface area contributed by atoms with Crippen molar-refractivity contribution >= 4 is 0 Å². The molecule has 3 nitrogen and oxygen atoms in total. The third-order valence-corrected chi connectivity index (χ3v) is 3.79. The lowest BCUT2D eigenvalue weighted by molar-refractivity contribution is 0.125. The number of hydrogen-bond donors (Lipinski definition) is 2. The topological polar surface area (TPSA) is 49.5 Å². The highest BCUT2D eigenvalue weighted by molar-refractivity contribution is 4.80. The minimum atomic E-state index is -0.394. The van der Waals surface area contributed by atoms with E-state index < -0.39 is 5.54 Å². The molecule has 0 aromatic carbocycles. The van der Waals surface area contributed by atoms with Crippen LogP contribution in [-0.2, 0) is 0 Å². The average molecular weight is 228 g/mol. The van der Waals surface area contributed by atoms with Crippen molar-refractivity contribution in [2.75, 3.05) is 26.2 Å². The van der Waals surface area contributed by atoms with Crippen LogP contribution in [0.4, 0.5) is 0 Å². The molecule has 0 radical (unpaired) electrons. The molecule has 3 N–H and O–H groups in total. The Morgan fingerprint density at radius 1 is 1.31 bits per heavy atom. The van der Waals surface area contributed by atoms with Crippen LogP contribution in [0.1, 0.15) is 46.5 Å². The van der Waals surface area contributed by atoms with Gasteiger partial charge < -0.3 is 15.7 Å². The maximum atomic E-state index is 9.06. The lowest BCUT2D eigenvalue weighted by Crippen LogP contribution is -2.42. The van der Waals surface area contributed by atoms with Crippen molar-refractivity contribution in [2.45, 2.75) is 52.0 Å². The molecular formula is C13H28N2O. The first kappa shape index (κ1) is 13.9. The van der Waals surface area contributed by atoms with Crippen LogP contribution in [0, 0.1) is 5.41 Å². The van der Waals surface area contributed by atoms with Gasteiger partial charge in [-0.05, 0) is 57.7 Å². The summed E-state index contributed by atoms with van der Waals surface area (Å²) in [6.07, 6.45) is 4.59. The lowest BCUT2D eigenvalue weighted by Gasteiger charge is -2.37. The van der Waals surface area contributed by atoms with Crippen LogP contribution >= 0.6 is 0 Å². The molecule has 1 aliphatic rings. The van der Waals surface area contributed by atoms with Crippen LogP contribution < -0.4 is 5.73 Å². The molecule has 3 heteroatoms. The standard InChI is InChI=1S/C13H28N2O/c1-12(2)6-9-15(10-7-12)8-4-5-13(3,14)11-16/h16H,4-11,14H2,1-3H3. The van der Waals surface area contributed by atoms with Crippen molar-refractivity contribution in [1.29, 1.82) is 0 Å². The Morgan fingerprint density at radius 3 is 2.38 bits per heavy atom. The van der Waals surface area contributed by atoms with Crippen LogP contribution in [0.25, 0.3) is 0 Å². The maximum absolute atomic E-state index is 9.06. The Balaban J connectivity index is 2.16. The number of aliphatic hydroxyl groups excluding tert-OH is 1. The first-order valence-electron chi connectivity index (χ1n) is 6.47. The van der Waals surface area contributed by atoms with Crippen molar-refractivity contribution in [3.8, 4) is 0 Å². The summed E-state index contributed by atoms with van der Waals surface area (Å²) in [4.78, 5) is 2.53. The molecule has 16 heavy (non-hydrogen) atoms. The summed E-state index contributed by atoms with van der Waals surface area (Å²) in [5.41, 5.74) is 6.04. The number of aliphatic hydroxyl groups is 1. The second-order valence-corrected chi connectivity index (χ2v) is 6.42. The Bertz CT molecular complexity index is 204. The van der Waals surface area contributed by atoms with Gasteiger partial charge in [0.25, 0.3) is 0 Å². The van der Waals surface area contributed by atoms with Crippen molar-refractivity contribution in [3.63, 3.8) is 0 Å². The molecule has 0 aromatic heterocycles. The van der Waals surface area contributed by atoms with Crippen LogP contribution in [0.2, 0.25) is 0 Å². The van der Waals surface area contributed by atoms with Crippen LogP contribution in [0.3, 0.4) is 0 Å². The number of piperidine rings is 1. The zero-order chi connectivity index (χ0) is 12.2. The monoisotopic (exact) mass is 228 g/mol. The van der Waals surface area contributed by atoms with Gasteiger partial charge in [-0.15, -0.1) is 0 Å². The van der Waals surface area contributed by atoms with Gasteiger partial charge in [-0.3, -0.25) is 0 Å². The number of nitrogens with zero attached hydrogens (tertiary/aromatic N) is 1. The molecule has 1 rings (SSSR count).